The Morgan fingerprint density at radius 3 is 2.75 bits per heavy atom. The van der Waals surface area contributed by atoms with Gasteiger partial charge in [0.15, 0.2) is 0 Å². The summed E-state index contributed by atoms with van der Waals surface area (Å²) in [5, 5.41) is 19.8. The third-order valence-electron chi connectivity index (χ3n) is 3.22. The van der Waals surface area contributed by atoms with Crippen LogP contribution in [-0.2, 0) is 9.53 Å². The Hall–Kier alpha value is -3.40. The number of non-ortho nitro benzene ring substituents is 1. The molecule has 7 heteroatoms. The van der Waals surface area contributed by atoms with Crippen LogP contribution < -0.4 is 0 Å². The van der Waals surface area contributed by atoms with E-state index in [1.54, 1.807) is 38.1 Å². The molecule has 0 bridgehead atoms. The molecule has 0 N–H and O–H groups in total. The molecule has 0 aliphatic rings. The monoisotopic (exact) mass is 326 g/mol. The number of ether oxygens (including phenoxy) is 1. The van der Waals surface area contributed by atoms with Gasteiger partial charge >= 0.3 is 5.97 Å². The summed E-state index contributed by atoms with van der Waals surface area (Å²) in [6.45, 7) is 3.55. The molecule has 122 valence electrons. The normalized spacial score (nSPS) is 11.0. The molecule has 1 aromatic heterocycles. The largest absolute Gasteiger partial charge is 0.462 e. The fourth-order valence-electron chi connectivity index (χ4n) is 2.10. The van der Waals surface area contributed by atoms with E-state index in [1.165, 1.54) is 18.2 Å². The molecule has 0 atom stereocenters. The molecule has 0 saturated heterocycles. The van der Waals surface area contributed by atoms with Gasteiger partial charge < -0.3 is 9.15 Å². The molecule has 0 amide bonds. The van der Waals surface area contributed by atoms with Crippen LogP contribution in [0.1, 0.15) is 18.2 Å². The van der Waals surface area contributed by atoms with Crippen molar-refractivity contribution in [2.45, 2.75) is 13.8 Å². The Bertz CT molecular complexity index is 858. The average molecular weight is 326 g/mol. The van der Waals surface area contributed by atoms with Crippen molar-refractivity contribution in [2.24, 2.45) is 0 Å². The van der Waals surface area contributed by atoms with Crippen LogP contribution in [0.4, 0.5) is 5.69 Å². The van der Waals surface area contributed by atoms with Crippen LogP contribution in [-0.4, -0.2) is 17.5 Å². The van der Waals surface area contributed by atoms with Gasteiger partial charge in [-0.1, -0.05) is 0 Å². The molecule has 0 saturated carbocycles. The van der Waals surface area contributed by atoms with E-state index in [2.05, 4.69) is 0 Å². The number of rotatable bonds is 5. The van der Waals surface area contributed by atoms with Gasteiger partial charge in [-0.15, -0.1) is 0 Å². The van der Waals surface area contributed by atoms with E-state index in [-0.39, 0.29) is 17.9 Å². The van der Waals surface area contributed by atoms with Crippen LogP contribution in [0.5, 0.6) is 0 Å². The SMILES string of the molecule is CCOC(=O)/C(C#N)=C\c1ccc(-c2ccc([N+](=O)[O-])cc2C)o1. The standard InChI is InChI=1S/C17H14N2O5/c1-3-23-17(20)12(10-18)9-14-5-7-16(24-14)15-6-4-13(19(21)22)8-11(15)2/h4-9H,3H2,1-2H3/b12-9-. The van der Waals surface area contributed by atoms with Crippen molar-refractivity contribution in [3.05, 3.63) is 57.3 Å². The maximum atomic E-state index is 11.6. The lowest BCUT2D eigenvalue weighted by Gasteiger charge is -2.02. The topological polar surface area (TPSA) is 106 Å². The first-order valence-electron chi connectivity index (χ1n) is 7.10. The fraction of sp³-hybridized carbons (Fsp3) is 0.176. The van der Waals surface area contributed by atoms with E-state index in [1.807, 2.05) is 0 Å². The van der Waals surface area contributed by atoms with E-state index >= 15 is 0 Å². The van der Waals surface area contributed by atoms with E-state index in [0.717, 1.165) is 0 Å². The number of carbonyl (C=O) groups is 1. The molecule has 24 heavy (non-hydrogen) atoms. The summed E-state index contributed by atoms with van der Waals surface area (Å²) in [5.74, 6) is 0.0756. The van der Waals surface area contributed by atoms with Crippen molar-refractivity contribution in [1.82, 2.24) is 0 Å². The summed E-state index contributed by atoms with van der Waals surface area (Å²) in [7, 11) is 0. The zero-order valence-corrected chi connectivity index (χ0v) is 13.1. The van der Waals surface area contributed by atoms with Crippen molar-refractivity contribution in [3.63, 3.8) is 0 Å². The number of nitriles is 1. The first kappa shape index (κ1) is 17.0. The molecule has 0 unspecified atom stereocenters. The molecular weight excluding hydrogens is 312 g/mol. The first-order chi connectivity index (χ1) is 11.5. The minimum Gasteiger partial charge on any atom is -0.462 e. The Morgan fingerprint density at radius 2 is 2.17 bits per heavy atom. The summed E-state index contributed by atoms with van der Waals surface area (Å²) < 4.78 is 10.4. The predicted molar refractivity (Wildman–Crippen MR) is 85.8 cm³/mol. The molecule has 7 nitrogen and oxygen atoms in total. The Kier molecular flexibility index (Phi) is 5.12. The minimum atomic E-state index is -0.718. The molecule has 0 spiro atoms. The molecule has 0 aliphatic carbocycles. The van der Waals surface area contributed by atoms with Gasteiger partial charge in [-0.3, -0.25) is 10.1 Å². The lowest BCUT2D eigenvalue weighted by atomic mass is 10.1. The first-order valence-corrected chi connectivity index (χ1v) is 7.10. The zero-order chi connectivity index (χ0) is 17.7. The highest BCUT2D eigenvalue weighted by Crippen LogP contribution is 2.29. The van der Waals surface area contributed by atoms with Gasteiger partial charge in [0.2, 0.25) is 0 Å². The molecule has 0 aliphatic heterocycles. The minimum absolute atomic E-state index is 0.00277. The number of carbonyl (C=O) groups excluding carboxylic acids is 1. The number of hydrogen-bond acceptors (Lipinski definition) is 6. The number of aryl methyl sites for hydroxylation is 1. The lowest BCUT2D eigenvalue weighted by molar-refractivity contribution is -0.384. The van der Waals surface area contributed by atoms with Crippen molar-refractivity contribution in [3.8, 4) is 17.4 Å². The van der Waals surface area contributed by atoms with Gasteiger partial charge in [-0.05, 0) is 37.6 Å². The maximum absolute atomic E-state index is 11.6. The van der Waals surface area contributed by atoms with Crippen LogP contribution >= 0.6 is 0 Å². The second-order valence-corrected chi connectivity index (χ2v) is 4.85. The van der Waals surface area contributed by atoms with Crippen LogP contribution in [0.15, 0.2) is 40.3 Å². The molecule has 0 radical (unpaired) electrons. The van der Waals surface area contributed by atoms with Crippen molar-refractivity contribution < 1.29 is 18.9 Å². The summed E-state index contributed by atoms with van der Waals surface area (Å²) >= 11 is 0. The van der Waals surface area contributed by atoms with Crippen LogP contribution in [0.3, 0.4) is 0 Å². The molecule has 2 aromatic rings. The lowest BCUT2D eigenvalue weighted by Crippen LogP contribution is -2.05. The molecule has 0 fully saturated rings. The second kappa shape index (κ2) is 7.24. The fourth-order valence-corrected chi connectivity index (χ4v) is 2.10. The summed E-state index contributed by atoms with van der Waals surface area (Å²) in [6.07, 6.45) is 1.29. The molecule has 1 aromatic carbocycles. The van der Waals surface area contributed by atoms with Gasteiger partial charge in [0.25, 0.3) is 5.69 Å². The highest BCUT2D eigenvalue weighted by Gasteiger charge is 2.14. The van der Waals surface area contributed by atoms with Crippen molar-refractivity contribution in [2.75, 3.05) is 6.61 Å². The Labute approximate surface area is 137 Å². The third kappa shape index (κ3) is 3.67. The van der Waals surface area contributed by atoms with Crippen molar-refractivity contribution >= 4 is 17.7 Å². The Balaban J connectivity index is 2.33. The number of nitro benzene ring substituents is 1. The predicted octanol–water partition coefficient (Wildman–Crippen LogP) is 3.63. The number of benzene rings is 1. The van der Waals surface area contributed by atoms with Gasteiger partial charge in [-0.25, -0.2) is 4.79 Å². The highest BCUT2D eigenvalue weighted by molar-refractivity contribution is 5.97. The third-order valence-corrected chi connectivity index (χ3v) is 3.22. The van der Waals surface area contributed by atoms with Crippen LogP contribution in [0.25, 0.3) is 17.4 Å². The second-order valence-electron chi connectivity index (χ2n) is 4.85. The van der Waals surface area contributed by atoms with Crippen LogP contribution in [0.2, 0.25) is 0 Å². The number of nitro groups is 1. The zero-order valence-electron chi connectivity index (χ0n) is 13.1. The number of esters is 1. The number of furan rings is 1. The van der Waals surface area contributed by atoms with Gasteiger partial charge in [0.1, 0.15) is 23.2 Å². The maximum Gasteiger partial charge on any atom is 0.349 e. The van der Waals surface area contributed by atoms with Gasteiger partial charge in [-0.2, -0.15) is 5.26 Å². The molecular formula is C17H14N2O5. The van der Waals surface area contributed by atoms with E-state index in [9.17, 15) is 14.9 Å². The summed E-state index contributed by atoms with van der Waals surface area (Å²) in [6, 6.07) is 9.47. The van der Waals surface area contributed by atoms with Crippen molar-refractivity contribution in [1.29, 1.82) is 5.26 Å². The Morgan fingerprint density at radius 1 is 1.42 bits per heavy atom. The van der Waals surface area contributed by atoms with Crippen LogP contribution in [0, 0.1) is 28.4 Å². The van der Waals surface area contributed by atoms with Gasteiger partial charge in [0.05, 0.1) is 11.5 Å². The quantitative estimate of drug-likeness (QED) is 0.273. The number of hydrogen-bond donors (Lipinski definition) is 0. The highest BCUT2D eigenvalue weighted by atomic mass is 16.6. The molecule has 1 heterocycles. The smallest absolute Gasteiger partial charge is 0.349 e. The van der Waals surface area contributed by atoms with E-state index < -0.39 is 10.9 Å². The van der Waals surface area contributed by atoms with E-state index in [4.69, 9.17) is 14.4 Å². The summed E-state index contributed by atoms with van der Waals surface area (Å²) in [5.41, 5.74) is 1.20. The molecule has 2 rings (SSSR count). The van der Waals surface area contributed by atoms with Gasteiger partial charge in [0, 0.05) is 23.8 Å². The number of nitrogens with zero attached hydrogens (tertiary/aromatic N) is 2. The van der Waals surface area contributed by atoms with E-state index in [0.29, 0.717) is 22.6 Å². The average Bonchev–Trinajstić information content (AvgIpc) is 3.00. The summed E-state index contributed by atoms with van der Waals surface area (Å²) in [4.78, 5) is 21.9.